The zero-order valence-corrected chi connectivity index (χ0v) is 9.61. The van der Waals surface area contributed by atoms with Gasteiger partial charge in [-0.05, 0) is 0 Å². The minimum Gasteiger partial charge on any atom is -0.468 e. The molecule has 0 radical (unpaired) electrons. The number of ether oxygens (including phenoxy) is 1. The number of rotatable bonds is 5. The molecule has 0 bridgehead atoms. The molecule has 0 spiro atoms. The standard InChI is InChI=1S/C9H12N4O5/c1-18-7(15)4-10-6(14)3-2-5-8(16)11-9(17)13-12-5/h2-4H2,1H3,(H,10,14)(H2,11,13,16,17). The number of amides is 1. The van der Waals surface area contributed by atoms with Crippen LogP contribution in [0.3, 0.4) is 0 Å². The molecule has 0 fully saturated rings. The van der Waals surface area contributed by atoms with E-state index in [-0.39, 0.29) is 25.1 Å². The Morgan fingerprint density at radius 2 is 2.11 bits per heavy atom. The van der Waals surface area contributed by atoms with Crippen LogP contribution >= 0.6 is 0 Å². The van der Waals surface area contributed by atoms with Gasteiger partial charge in [0.05, 0.1) is 7.11 Å². The number of aryl methyl sites for hydroxylation is 1. The van der Waals surface area contributed by atoms with Crippen LogP contribution in [-0.4, -0.2) is 40.7 Å². The summed E-state index contributed by atoms with van der Waals surface area (Å²) in [6, 6.07) is 0. The third-order valence-corrected chi connectivity index (χ3v) is 2.03. The maximum absolute atomic E-state index is 11.3. The molecule has 0 aromatic carbocycles. The van der Waals surface area contributed by atoms with Gasteiger partial charge in [0.1, 0.15) is 12.2 Å². The number of hydrogen-bond acceptors (Lipinski definition) is 6. The number of carbonyl (C=O) groups excluding carboxylic acids is 2. The Bertz CT molecular complexity index is 546. The molecule has 0 saturated carbocycles. The average Bonchev–Trinajstić information content (AvgIpc) is 2.34. The molecule has 0 aliphatic carbocycles. The number of aromatic amines is 2. The summed E-state index contributed by atoms with van der Waals surface area (Å²) in [7, 11) is 1.21. The molecule has 0 aliphatic rings. The number of methoxy groups -OCH3 is 1. The first-order valence-corrected chi connectivity index (χ1v) is 5.04. The van der Waals surface area contributed by atoms with Crippen molar-refractivity contribution < 1.29 is 14.3 Å². The number of hydrogen-bond donors (Lipinski definition) is 3. The van der Waals surface area contributed by atoms with E-state index in [1.807, 2.05) is 4.98 Å². The second-order valence-electron chi connectivity index (χ2n) is 3.31. The summed E-state index contributed by atoms with van der Waals surface area (Å²) in [6.07, 6.45) is 0.0260. The molecule has 1 aromatic rings. The van der Waals surface area contributed by atoms with Crippen molar-refractivity contribution in [1.29, 1.82) is 0 Å². The maximum Gasteiger partial charge on any atom is 0.342 e. The van der Waals surface area contributed by atoms with Gasteiger partial charge in [-0.2, -0.15) is 5.10 Å². The van der Waals surface area contributed by atoms with Crippen LogP contribution in [0.5, 0.6) is 0 Å². The summed E-state index contributed by atoms with van der Waals surface area (Å²) >= 11 is 0. The van der Waals surface area contributed by atoms with Crippen molar-refractivity contribution in [3.8, 4) is 0 Å². The Kier molecular flexibility index (Phi) is 4.78. The molecule has 0 saturated heterocycles. The molecular formula is C9H12N4O5. The fourth-order valence-corrected chi connectivity index (χ4v) is 1.10. The lowest BCUT2D eigenvalue weighted by Crippen LogP contribution is -2.32. The van der Waals surface area contributed by atoms with Crippen LogP contribution in [0.1, 0.15) is 12.1 Å². The van der Waals surface area contributed by atoms with Gasteiger partial charge in [-0.15, -0.1) is 0 Å². The predicted molar refractivity (Wildman–Crippen MR) is 58.8 cm³/mol. The van der Waals surface area contributed by atoms with Crippen molar-refractivity contribution in [2.45, 2.75) is 12.8 Å². The van der Waals surface area contributed by atoms with Gasteiger partial charge < -0.3 is 10.1 Å². The van der Waals surface area contributed by atoms with Gasteiger partial charge in [0.25, 0.3) is 5.56 Å². The number of aromatic nitrogens is 3. The van der Waals surface area contributed by atoms with Crippen LogP contribution in [0, 0.1) is 0 Å². The Balaban J connectivity index is 2.45. The highest BCUT2D eigenvalue weighted by Gasteiger charge is 2.08. The smallest absolute Gasteiger partial charge is 0.342 e. The van der Waals surface area contributed by atoms with E-state index in [0.717, 1.165) is 0 Å². The monoisotopic (exact) mass is 256 g/mol. The van der Waals surface area contributed by atoms with Crippen LogP contribution < -0.4 is 16.6 Å². The van der Waals surface area contributed by atoms with Crippen LogP contribution in [0.2, 0.25) is 0 Å². The molecule has 1 rings (SSSR count). The number of nitrogens with zero attached hydrogens (tertiary/aromatic N) is 1. The highest BCUT2D eigenvalue weighted by Crippen LogP contribution is 1.89. The number of H-pyrrole nitrogens is 2. The summed E-state index contributed by atoms with van der Waals surface area (Å²) < 4.78 is 4.33. The molecule has 1 aromatic heterocycles. The quantitative estimate of drug-likeness (QED) is 0.506. The Morgan fingerprint density at radius 3 is 2.72 bits per heavy atom. The molecule has 9 nitrogen and oxygen atoms in total. The summed E-state index contributed by atoms with van der Waals surface area (Å²) in [5.74, 6) is -0.990. The minimum absolute atomic E-state index is 0.0287. The van der Waals surface area contributed by atoms with Crippen molar-refractivity contribution in [2.24, 2.45) is 0 Å². The summed E-state index contributed by atoms with van der Waals surface area (Å²) in [4.78, 5) is 45.9. The van der Waals surface area contributed by atoms with Gasteiger partial charge >= 0.3 is 11.7 Å². The summed E-state index contributed by atoms with van der Waals surface area (Å²) in [5.41, 5.74) is -1.30. The van der Waals surface area contributed by atoms with E-state index in [1.165, 1.54) is 7.11 Å². The van der Waals surface area contributed by atoms with E-state index in [2.05, 4.69) is 20.3 Å². The molecular weight excluding hydrogens is 244 g/mol. The fraction of sp³-hybridized carbons (Fsp3) is 0.444. The van der Waals surface area contributed by atoms with Gasteiger partial charge in [0.15, 0.2) is 0 Å². The largest absolute Gasteiger partial charge is 0.468 e. The van der Waals surface area contributed by atoms with Crippen LogP contribution in [0.15, 0.2) is 9.59 Å². The van der Waals surface area contributed by atoms with Gasteiger partial charge in [-0.25, -0.2) is 9.89 Å². The Morgan fingerprint density at radius 1 is 1.39 bits per heavy atom. The molecule has 3 N–H and O–H groups in total. The van der Waals surface area contributed by atoms with E-state index >= 15 is 0 Å². The number of carbonyl (C=O) groups is 2. The maximum atomic E-state index is 11.3. The molecule has 0 atom stereocenters. The average molecular weight is 256 g/mol. The Hall–Kier alpha value is -2.45. The molecule has 9 heteroatoms. The first-order chi connectivity index (χ1) is 8.52. The topological polar surface area (TPSA) is 134 Å². The van der Waals surface area contributed by atoms with Crippen molar-refractivity contribution in [3.63, 3.8) is 0 Å². The van der Waals surface area contributed by atoms with Crippen molar-refractivity contribution in [1.82, 2.24) is 20.5 Å². The zero-order valence-electron chi connectivity index (χ0n) is 9.61. The second-order valence-corrected chi connectivity index (χ2v) is 3.31. The zero-order chi connectivity index (χ0) is 13.5. The normalized spacial score (nSPS) is 9.83. The van der Waals surface area contributed by atoms with Gasteiger partial charge in [0, 0.05) is 12.8 Å². The molecule has 0 aliphatic heterocycles. The third kappa shape index (κ3) is 4.20. The Labute approximate surface area is 101 Å². The first kappa shape index (κ1) is 13.6. The second kappa shape index (κ2) is 6.33. The molecule has 1 amide bonds. The number of nitrogens with one attached hydrogen (secondary N) is 3. The summed E-state index contributed by atoms with van der Waals surface area (Å²) in [5, 5.41) is 7.87. The van der Waals surface area contributed by atoms with Crippen LogP contribution in [0.25, 0.3) is 0 Å². The van der Waals surface area contributed by atoms with Gasteiger partial charge in [-0.1, -0.05) is 0 Å². The van der Waals surface area contributed by atoms with E-state index in [1.54, 1.807) is 0 Å². The van der Waals surface area contributed by atoms with Crippen molar-refractivity contribution in [2.75, 3.05) is 13.7 Å². The van der Waals surface area contributed by atoms with E-state index in [0.29, 0.717) is 0 Å². The van der Waals surface area contributed by atoms with E-state index in [9.17, 15) is 19.2 Å². The van der Waals surface area contributed by atoms with Crippen LogP contribution in [0.4, 0.5) is 0 Å². The van der Waals surface area contributed by atoms with Crippen molar-refractivity contribution in [3.05, 3.63) is 26.5 Å². The van der Waals surface area contributed by atoms with Crippen molar-refractivity contribution >= 4 is 11.9 Å². The first-order valence-electron chi connectivity index (χ1n) is 5.04. The third-order valence-electron chi connectivity index (χ3n) is 2.03. The van der Waals surface area contributed by atoms with Crippen LogP contribution in [-0.2, 0) is 20.7 Å². The lowest BCUT2D eigenvalue weighted by molar-refractivity contribution is -0.141. The predicted octanol–water partition coefficient (Wildman–Crippen LogP) is -2.32. The SMILES string of the molecule is COC(=O)CNC(=O)CCc1n[nH]c(=O)[nH]c1=O. The minimum atomic E-state index is -0.709. The highest BCUT2D eigenvalue weighted by atomic mass is 16.5. The fourth-order valence-electron chi connectivity index (χ4n) is 1.10. The molecule has 1 heterocycles. The van der Waals surface area contributed by atoms with Gasteiger partial charge in [0.2, 0.25) is 5.91 Å². The molecule has 0 unspecified atom stereocenters. The highest BCUT2D eigenvalue weighted by molar-refractivity contribution is 5.81. The number of esters is 1. The lowest BCUT2D eigenvalue weighted by Gasteiger charge is -2.02. The lowest BCUT2D eigenvalue weighted by atomic mass is 10.2. The van der Waals surface area contributed by atoms with Gasteiger partial charge in [-0.3, -0.25) is 19.4 Å². The summed E-state index contributed by atoms with van der Waals surface area (Å²) in [6.45, 7) is -0.231. The van der Waals surface area contributed by atoms with E-state index in [4.69, 9.17) is 0 Å². The van der Waals surface area contributed by atoms with E-state index < -0.39 is 23.1 Å². The molecule has 18 heavy (non-hydrogen) atoms. The molecule has 98 valence electrons.